The summed E-state index contributed by atoms with van der Waals surface area (Å²) >= 11 is 0. The lowest BCUT2D eigenvalue weighted by atomic mass is 9.99. The van der Waals surface area contributed by atoms with E-state index in [0.717, 1.165) is 29.9 Å². The van der Waals surface area contributed by atoms with E-state index >= 15 is 0 Å². The minimum Gasteiger partial charge on any atom is -0.347 e. The molecule has 2 aromatic heterocycles. The highest BCUT2D eigenvalue weighted by atomic mass is 19.1. The second-order valence-corrected chi connectivity index (χ2v) is 8.04. The number of rotatable bonds is 6. The maximum Gasteiger partial charge on any atom is 0.225 e. The number of likely N-dealkylation sites (tertiary alicyclic amines) is 1. The molecule has 7 nitrogen and oxygen atoms in total. The highest BCUT2D eigenvalue weighted by molar-refractivity contribution is 5.78. The number of aromatic nitrogens is 4. The molecule has 1 aliphatic heterocycles. The Morgan fingerprint density at radius 3 is 2.84 bits per heavy atom. The molecule has 3 aromatic rings. The zero-order valence-electron chi connectivity index (χ0n) is 18.1. The summed E-state index contributed by atoms with van der Waals surface area (Å²) in [6.45, 7) is 3.21. The van der Waals surface area contributed by atoms with E-state index in [0.29, 0.717) is 31.0 Å². The Bertz CT molecular complexity index is 1080. The van der Waals surface area contributed by atoms with Crippen molar-refractivity contribution in [1.29, 1.82) is 0 Å². The van der Waals surface area contributed by atoms with Gasteiger partial charge in [-0.2, -0.15) is 0 Å². The number of hydrogen-bond acceptors (Lipinski definition) is 5. The molecule has 0 radical (unpaired) electrons. The molecular weight excluding hydrogens is 395 g/mol. The van der Waals surface area contributed by atoms with E-state index in [-0.39, 0.29) is 17.8 Å². The molecule has 1 fully saturated rings. The van der Waals surface area contributed by atoms with Crippen molar-refractivity contribution in [1.82, 2.24) is 24.4 Å². The largest absolute Gasteiger partial charge is 0.347 e. The fourth-order valence-corrected chi connectivity index (χ4v) is 4.08. The van der Waals surface area contributed by atoms with Gasteiger partial charge in [0.15, 0.2) is 0 Å². The van der Waals surface area contributed by atoms with Crippen molar-refractivity contribution in [2.45, 2.75) is 38.8 Å². The molecule has 0 N–H and O–H groups in total. The van der Waals surface area contributed by atoms with Crippen LogP contribution in [0.5, 0.6) is 0 Å². The van der Waals surface area contributed by atoms with Crippen molar-refractivity contribution < 1.29 is 9.18 Å². The average molecular weight is 423 g/mol. The third-order valence-corrected chi connectivity index (χ3v) is 5.72. The summed E-state index contributed by atoms with van der Waals surface area (Å²) in [6.07, 6.45) is 7.50. The zero-order chi connectivity index (χ0) is 22.0. The number of aryl methyl sites for hydroxylation is 2. The number of nitrogens with zero attached hydrogens (tertiary/aromatic N) is 6. The maximum atomic E-state index is 13.9. The first-order valence-electron chi connectivity index (χ1n) is 10.5. The molecule has 8 heteroatoms. The van der Waals surface area contributed by atoms with Crippen molar-refractivity contribution in [3.63, 3.8) is 0 Å². The summed E-state index contributed by atoms with van der Waals surface area (Å²) < 4.78 is 15.9. The molecule has 1 aromatic carbocycles. The Labute approximate surface area is 181 Å². The maximum absolute atomic E-state index is 13.9. The van der Waals surface area contributed by atoms with Gasteiger partial charge in [-0.25, -0.2) is 19.3 Å². The van der Waals surface area contributed by atoms with Crippen LogP contribution in [0.4, 0.5) is 10.3 Å². The van der Waals surface area contributed by atoms with Crippen LogP contribution in [0.3, 0.4) is 0 Å². The first-order valence-corrected chi connectivity index (χ1v) is 10.5. The van der Waals surface area contributed by atoms with Crippen molar-refractivity contribution in [3.8, 4) is 11.1 Å². The lowest BCUT2D eigenvalue weighted by Crippen LogP contribution is -2.32. The van der Waals surface area contributed by atoms with Crippen molar-refractivity contribution >= 4 is 11.9 Å². The van der Waals surface area contributed by atoms with Crippen LogP contribution >= 0.6 is 0 Å². The predicted octanol–water partition coefficient (Wildman–Crippen LogP) is 3.61. The van der Waals surface area contributed by atoms with Gasteiger partial charge in [0, 0.05) is 57.8 Å². The van der Waals surface area contributed by atoms with Crippen LogP contribution in [-0.4, -0.2) is 51.0 Å². The van der Waals surface area contributed by atoms with E-state index in [1.165, 1.54) is 12.1 Å². The molecule has 1 saturated heterocycles. The molecule has 3 heterocycles. The molecule has 0 bridgehead atoms. The lowest BCUT2D eigenvalue weighted by molar-refractivity contribution is -0.132. The van der Waals surface area contributed by atoms with Gasteiger partial charge in [0.25, 0.3) is 0 Å². The molecule has 0 aliphatic carbocycles. The number of carbonyl (C=O) groups excluding carboxylic acids is 1. The summed E-state index contributed by atoms with van der Waals surface area (Å²) in [4.78, 5) is 30.3. The van der Waals surface area contributed by atoms with Gasteiger partial charge in [-0.05, 0) is 37.5 Å². The SMILES string of the molecule is Cc1nccn1CCC(=O)N1CCC[C@H]1c1nc(N(C)C)ncc1-c1cccc(F)c1. The molecule has 1 amide bonds. The van der Waals surface area contributed by atoms with Crippen molar-refractivity contribution in [2.75, 3.05) is 25.5 Å². The van der Waals surface area contributed by atoms with Crippen LogP contribution < -0.4 is 4.90 Å². The first-order chi connectivity index (χ1) is 14.9. The molecule has 0 unspecified atom stereocenters. The van der Waals surface area contributed by atoms with E-state index in [2.05, 4.69) is 9.97 Å². The second kappa shape index (κ2) is 8.83. The topological polar surface area (TPSA) is 67.2 Å². The molecule has 0 spiro atoms. The van der Waals surface area contributed by atoms with Gasteiger partial charge in [-0.15, -0.1) is 0 Å². The predicted molar refractivity (Wildman–Crippen MR) is 117 cm³/mol. The minimum atomic E-state index is -0.310. The van der Waals surface area contributed by atoms with Crippen LogP contribution in [-0.2, 0) is 11.3 Å². The normalized spacial score (nSPS) is 16.0. The highest BCUT2D eigenvalue weighted by Crippen LogP contribution is 2.37. The summed E-state index contributed by atoms with van der Waals surface area (Å²) in [6, 6.07) is 6.28. The number of amides is 1. The van der Waals surface area contributed by atoms with E-state index in [1.807, 2.05) is 47.6 Å². The van der Waals surface area contributed by atoms with Gasteiger partial charge in [0.1, 0.15) is 11.6 Å². The number of halogens is 1. The fraction of sp³-hybridized carbons (Fsp3) is 0.391. The summed E-state index contributed by atoms with van der Waals surface area (Å²) in [5.74, 6) is 1.25. The Balaban J connectivity index is 1.65. The first kappa shape index (κ1) is 21.0. The summed E-state index contributed by atoms with van der Waals surface area (Å²) in [7, 11) is 3.76. The Morgan fingerprint density at radius 1 is 1.29 bits per heavy atom. The van der Waals surface area contributed by atoms with Gasteiger partial charge in [-0.1, -0.05) is 12.1 Å². The van der Waals surface area contributed by atoms with Crippen LogP contribution in [0.2, 0.25) is 0 Å². The third kappa shape index (κ3) is 4.42. The van der Waals surface area contributed by atoms with E-state index in [4.69, 9.17) is 4.98 Å². The standard InChI is InChI=1S/C23H27FN6O/c1-16-25-10-13-29(16)12-9-21(31)30-11-5-8-20(30)22-19(15-26-23(27-22)28(2)3)17-6-4-7-18(24)14-17/h4,6-7,10,13-15,20H,5,8-9,11-12H2,1-3H3/t20-/m0/s1. The fourth-order valence-electron chi connectivity index (χ4n) is 4.08. The van der Waals surface area contributed by atoms with Gasteiger partial charge in [-0.3, -0.25) is 4.79 Å². The summed E-state index contributed by atoms with van der Waals surface area (Å²) in [5.41, 5.74) is 2.25. The van der Waals surface area contributed by atoms with Crippen molar-refractivity contribution in [2.24, 2.45) is 0 Å². The van der Waals surface area contributed by atoms with Crippen LogP contribution in [0.25, 0.3) is 11.1 Å². The monoisotopic (exact) mass is 422 g/mol. The average Bonchev–Trinajstić information content (AvgIpc) is 3.40. The second-order valence-electron chi connectivity index (χ2n) is 8.04. The zero-order valence-corrected chi connectivity index (χ0v) is 18.1. The van der Waals surface area contributed by atoms with Gasteiger partial charge in [0.2, 0.25) is 11.9 Å². The summed E-state index contributed by atoms with van der Waals surface area (Å²) in [5, 5.41) is 0. The number of benzene rings is 1. The highest BCUT2D eigenvalue weighted by Gasteiger charge is 2.33. The molecule has 1 atom stereocenters. The van der Waals surface area contributed by atoms with Gasteiger partial charge in [0.05, 0.1) is 11.7 Å². The number of anilines is 1. The Hall–Kier alpha value is -3.29. The van der Waals surface area contributed by atoms with Crippen LogP contribution in [0.1, 0.15) is 36.8 Å². The molecule has 4 rings (SSSR count). The van der Waals surface area contributed by atoms with Gasteiger partial charge < -0.3 is 14.4 Å². The number of imidazole rings is 1. The lowest BCUT2D eigenvalue weighted by Gasteiger charge is -2.27. The van der Waals surface area contributed by atoms with E-state index < -0.39 is 0 Å². The van der Waals surface area contributed by atoms with Crippen LogP contribution in [0, 0.1) is 12.7 Å². The molecule has 162 valence electrons. The smallest absolute Gasteiger partial charge is 0.225 e. The molecular formula is C23H27FN6O. The van der Waals surface area contributed by atoms with Crippen molar-refractivity contribution in [3.05, 3.63) is 60.2 Å². The number of hydrogen-bond donors (Lipinski definition) is 0. The molecule has 0 saturated carbocycles. The molecule has 1 aliphatic rings. The third-order valence-electron chi connectivity index (χ3n) is 5.72. The van der Waals surface area contributed by atoms with E-state index in [1.54, 1.807) is 18.5 Å². The Kier molecular flexibility index (Phi) is 5.97. The molecule has 31 heavy (non-hydrogen) atoms. The van der Waals surface area contributed by atoms with E-state index in [9.17, 15) is 9.18 Å². The van der Waals surface area contributed by atoms with Crippen LogP contribution in [0.15, 0.2) is 42.9 Å². The minimum absolute atomic E-state index is 0.0887. The Morgan fingerprint density at radius 2 is 2.13 bits per heavy atom. The number of carbonyl (C=O) groups is 1. The van der Waals surface area contributed by atoms with Gasteiger partial charge >= 0.3 is 0 Å². The quantitative estimate of drug-likeness (QED) is 0.607.